The van der Waals surface area contributed by atoms with Gasteiger partial charge >= 0.3 is 6.18 Å². The molecule has 0 spiro atoms. The third kappa shape index (κ3) is 4.67. The highest BCUT2D eigenvalue weighted by atomic mass is 32.2. The highest BCUT2D eigenvalue weighted by molar-refractivity contribution is 7.87. The molecule has 3 N–H and O–H groups in total. The Kier molecular flexibility index (Phi) is 4.92. The van der Waals surface area contributed by atoms with Crippen molar-refractivity contribution in [3.8, 4) is 0 Å². The first kappa shape index (κ1) is 15.6. The largest absolute Gasteiger partial charge is 0.402 e. The monoisotopic (exact) mass is 305 g/mol. The van der Waals surface area contributed by atoms with Gasteiger partial charge < -0.3 is 5.73 Å². The SMILES string of the molecule is NC(=S)C1CCN(S(=O)(=O)NCC(F)(F)F)CC1. The quantitative estimate of drug-likeness (QED) is 0.736. The molecule has 18 heavy (non-hydrogen) atoms. The van der Waals surface area contributed by atoms with Crippen LogP contribution in [-0.4, -0.2) is 43.5 Å². The molecular formula is C8H14F3N3O2S2. The molecule has 0 bridgehead atoms. The van der Waals surface area contributed by atoms with Gasteiger partial charge in [0, 0.05) is 19.0 Å². The molecule has 1 aliphatic heterocycles. The Morgan fingerprint density at radius 1 is 1.39 bits per heavy atom. The minimum atomic E-state index is -4.57. The number of thiocarbonyl (C=S) groups is 1. The summed E-state index contributed by atoms with van der Waals surface area (Å²) in [6, 6.07) is 0. The van der Waals surface area contributed by atoms with E-state index in [1.54, 1.807) is 0 Å². The minimum Gasteiger partial charge on any atom is -0.393 e. The smallest absolute Gasteiger partial charge is 0.393 e. The molecule has 1 heterocycles. The lowest BCUT2D eigenvalue weighted by Gasteiger charge is -2.30. The van der Waals surface area contributed by atoms with Crippen LogP contribution in [0.2, 0.25) is 0 Å². The van der Waals surface area contributed by atoms with Crippen molar-refractivity contribution >= 4 is 27.4 Å². The number of nitrogens with zero attached hydrogens (tertiary/aromatic N) is 1. The average molecular weight is 305 g/mol. The third-order valence-electron chi connectivity index (χ3n) is 2.65. The molecule has 0 aromatic rings. The minimum absolute atomic E-state index is 0.0472. The van der Waals surface area contributed by atoms with Gasteiger partial charge in [-0.25, -0.2) is 0 Å². The summed E-state index contributed by atoms with van der Waals surface area (Å²) in [5, 5.41) is 0. The zero-order chi connectivity index (χ0) is 14.0. The van der Waals surface area contributed by atoms with E-state index in [9.17, 15) is 21.6 Å². The van der Waals surface area contributed by atoms with Crippen LogP contribution in [-0.2, 0) is 10.2 Å². The van der Waals surface area contributed by atoms with Gasteiger partial charge in [0.15, 0.2) is 0 Å². The van der Waals surface area contributed by atoms with E-state index < -0.39 is 22.9 Å². The molecular weight excluding hydrogens is 291 g/mol. The summed E-state index contributed by atoms with van der Waals surface area (Å²) in [7, 11) is -4.09. The number of alkyl halides is 3. The molecule has 0 atom stereocenters. The lowest BCUT2D eigenvalue weighted by Crippen LogP contribution is -2.48. The molecule has 1 fully saturated rings. The summed E-state index contributed by atoms with van der Waals surface area (Å²) in [4.78, 5) is 0.315. The van der Waals surface area contributed by atoms with Gasteiger partial charge in [-0.05, 0) is 12.8 Å². The first-order valence-electron chi connectivity index (χ1n) is 5.22. The lowest BCUT2D eigenvalue weighted by atomic mass is 9.98. The van der Waals surface area contributed by atoms with Crippen molar-refractivity contribution in [2.75, 3.05) is 19.6 Å². The van der Waals surface area contributed by atoms with Crippen molar-refractivity contribution < 1.29 is 21.6 Å². The van der Waals surface area contributed by atoms with Crippen molar-refractivity contribution in [3.63, 3.8) is 0 Å². The Balaban J connectivity index is 2.53. The summed E-state index contributed by atoms with van der Waals surface area (Å²) < 4.78 is 61.4. The molecule has 0 unspecified atom stereocenters. The van der Waals surface area contributed by atoms with E-state index in [1.807, 2.05) is 0 Å². The normalized spacial score (nSPS) is 19.9. The van der Waals surface area contributed by atoms with Gasteiger partial charge in [0.05, 0.1) is 4.99 Å². The molecule has 0 radical (unpaired) electrons. The van der Waals surface area contributed by atoms with Crippen LogP contribution in [0.5, 0.6) is 0 Å². The van der Waals surface area contributed by atoms with Crippen molar-refractivity contribution in [1.82, 2.24) is 9.03 Å². The highest BCUT2D eigenvalue weighted by Gasteiger charge is 2.33. The van der Waals surface area contributed by atoms with Crippen LogP contribution in [0.1, 0.15) is 12.8 Å². The van der Waals surface area contributed by atoms with Crippen molar-refractivity contribution in [3.05, 3.63) is 0 Å². The number of halogens is 3. The van der Waals surface area contributed by atoms with Crippen LogP contribution in [0.3, 0.4) is 0 Å². The second kappa shape index (κ2) is 5.68. The number of piperidine rings is 1. The molecule has 0 aromatic carbocycles. The van der Waals surface area contributed by atoms with Crippen molar-refractivity contribution in [2.45, 2.75) is 19.0 Å². The second-order valence-electron chi connectivity index (χ2n) is 4.02. The summed E-state index contributed by atoms with van der Waals surface area (Å²) in [6.45, 7) is -1.32. The molecule has 1 aliphatic rings. The molecule has 106 valence electrons. The van der Waals surface area contributed by atoms with E-state index in [0.717, 1.165) is 4.31 Å². The predicted octanol–water partition coefficient (Wildman–Crippen LogP) is 0.381. The fraction of sp³-hybridized carbons (Fsp3) is 0.875. The van der Waals surface area contributed by atoms with Crippen LogP contribution >= 0.6 is 12.2 Å². The van der Waals surface area contributed by atoms with Gasteiger partial charge in [0.2, 0.25) is 0 Å². The third-order valence-corrected chi connectivity index (χ3v) is 4.54. The summed E-state index contributed by atoms with van der Waals surface area (Å²) >= 11 is 4.79. The molecule has 0 aromatic heterocycles. The topological polar surface area (TPSA) is 75.4 Å². The standard InChI is InChI=1S/C8H14F3N3O2S2/c9-8(10,11)5-13-18(15,16)14-3-1-6(2-4-14)7(12)17/h6,13H,1-5H2,(H2,12,17). The van der Waals surface area contributed by atoms with E-state index in [4.69, 9.17) is 18.0 Å². The van der Waals surface area contributed by atoms with Gasteiger partial charge in [-0.2, -0.15) is 30.6 Å². The molecule has 0 aliphatic carbocycles. The average Bonchev–Trinajstić information content (AvgIpc) is 2.26. The summed E-state index contributed by atoms with van der Waals surface area (Å²) in [5.41, 5.74) is 5.44. The van der Waals surface area contributed by atoms with Crippen LogP contribution in [0.15, 0.2) is 0 Å². The number of nitrogens with two attached hydrogens (primary N) is 1. The van der Waals surface area contributed by atoms with Gasteiger partial charge in [0.1, 0.15) is 6.54 Å². The van der Waals surface area contributed by atoms with Gasteiger partial charge in [-0.1, -0.05) is 12.2 Å². The van der Waals surface area contributed by atoms with Gasteiger partial charge in [-0.3, -0.25) is 0 Å². The van der Waals surface area contributed by atoms with Crippen LogP contribution in [0, 0.1) is 5.92 Å². The van der Waals surface area contributed by atoms with E-state index >= 15 is 0 Å². The molecule has 1 saturated heterocycles. The molecule has 0 amide bonds. The Labute approximate surface area is 109 Å². The molecule has 0 saturated carbocycles. The predicted molar refractivity (Wildman–Crippen MR) is 64.1 cm³/mol. The summed E-state index contributed by atoms with van der Waals surface area (Å²) in [5.74, 6) is -0.0472. The Hall–Kier alpha value is -0.450. The number of hydrogen-bond acceptors (Lipinski definition) is 3. The van der Waals surface area contributed by atoms with Crippen molar-refractivity contribution in [1.29, 1.82) is 0 Å². The second-order valence-corrected chi connectivity index (χ2v) is 6.24. The van der Waals surface area contributed by atoms with Crippen LogP contribution in [0.25, 0.3) is 0 Å². The summed E-state index contributed by atoms with van der Waals surface area (Å²) in [6.07, 6.45) is -3.70. The zero-order valence-corrected chi connectivity index (χ0v) is 11.0. The molecule has 10 heteroatoms. The van der Waals surface area contributed by atoms with E-state index in [-0.39, 0.29) is 19.0 Å². The van der Waals surface area contributed by atoms with E-state index in [1.165, 1.54) is 4.72 Å². The zero-order valence-electron chi connectivity index (χ0n) is 9.40. The van der Waals surface area contributed by atoms with Gasteiger partial charge in [-0.15, -0.1) is 0 Å². The fourth-order valence-corrected chi connectivity index (χ4v) is 3.10. The maximum Gasteiger partial charge on any atom is 0.402 e. The first-order valence-corrected chi connectivity index (χ1v) is 7.07. The van der Waals surface area contributed by atoms with Crippen molar-refractivity contribution in [2.24, 2.45) is 11.7 Å². The first-order chi connectivity index (χ1) is 8.12. The van der Waals surface area contributed by atoms with Crippen LogP contribution < -0.4 is 10.5 Å². The Bertz CT molecular complexity index is 402. The maximum atomic E-state index is 11.9. The number of hydrogen-bond donors (Lipinski definition) is 2. The van der Waals surface area contributed by atoms with E-state index in [0.29, 0.717) is 17.8 Å². The number of nitrogens with one attached hydrogen (secondary N) is 1. The number of rotatable bonds is 4. The molecule has 5 nitrogen and oxygen atoms in total. The maximum absolute atomic E-state index is 11.9. The highest BCUT2D eigenvalue weighted by Crippen LogP contribution is 2.20. The lowest BCUT2D eigenvalue weighted by molar-refractivity contribution is -0.121. The Morgan fingerprint density at radius 2 is 1.89 bits per heavy atom. The van der Waals surface area contributed by atoms with E-state index in [2.05, 4.69) is 0 Å². The van der Waals surface area contributed by atoms with Crippen LogP contribution in [0.4, 0.5) is 13.2 Å². The van der Waals surface area contributed by atoms with Gasteiger partial charge in [0.25, 0.3) is 10.2 Å². The Morgan fingerprint density at radius 3 is 2.28 bits per heavy atom. The molecule has 1 rings (SSSR count). The fourth-order valence-electron chi connectivity index (χ4n) is 1.64.